The van der Waals surface area contributed by atoms with Crippen LogP contribution in [0.15, 0.2) is 48.7 Å². The van der Waals surface area contributed by atoms with E-state index in [0.717, 1.165) is 0 Å². The summed E-state index contributed by atoms with van der Waals surface area (Å²) in [6, 6.07) is 8.39. The number of pyridine rings is 1. The molecule has 1 heterocycles. The van der Waals surface area contributed by atoms with Gasteiger partial charge < -0.3 is 20.3 Å². The fourth-order valence-corrected chi connectivity index (χ4v) is 3.91. The number of benzene rings is 2. The Hall–Kier alpha value is -3.71. The first-order valence-corrected chi connectivity index (χ1v) is 12.5. The first-order chi connectivity index (χ1) is 18.9. The van der Waals surface area contributed by atoms with Crippen molar-refractivity contribution in [3.63, 3.8) is 0 Å². The molecular weight excluding hydrogens is 561 g/mol. The first-order valence-electron chi connectivity index (χ1n) is 12.1. The molecule has 1 unspecified atom stereocenters. The van der Waals surface area contributed by atoms with Crippen molar-refractivity contribution in [2.45, 2.75) is 31.6 Å². The summed E-state index contributed by atoms with van der Waals surface area (Å²) < 4.78 is 69.7. The standard InChI is InChI=1S/C26H27ClF5N5O3/c1-37(24(38)35-13-17-4-2-6-21(29)23(17)27)20(5-3-9-33-15-26(30,31)32)14-40-25(39)36-22-11-18-10-19(28)8-7-16(18)12-34-22/h2,4,6-8,10-12,20,33H,3,5,9,13-15H2,1H3,(H,35,38)(H,34,36,39). The number of ether oxygens (including phenoxy) is 1. The number of nitrogens with zero attached hydrogens (tertiary/aromatic N) is 2. The average molecular weight is 588 g/mol. The van der Waals surface area contributed by atoms with Crippen LogP contribution in [0.2, 0.25) is 5.02 Å². The first kappa shape index (κ1) is 30.8. The third-order valence-electron chi connectivity index (χ3n) is 5.87. The van der Waals surface area contributed by atoms with Gasteiger partial charge in [0.05, 0.1) is 17.6 Å². The summed E-state index contributed by atoms with van der Waals surface area (Å²) in [6.07, 6.45) is -3.39. The Morgan fingerprint density at radius 1 is 1.12 bits per heavy atom. The Kier molecular flexibility index (Phi) is 10.8. The van der Waals surface area contributed by atoms with E-state index in [0.29, 0.717) is 16.3 Å². The van der Waals surface area contributed by atoms with Gasteiger partial charge in [0.15, 0.2) is 0 Å². The molecule has 0 spiro atoms. The fourth-order valence-electron chi connectivity index (χ4n) is 3.72. The maximum absolute atomic E-state index is 13.7. The van der Waals surface area contributed by atoms with Crippen LogP contribution in [0.4, 0.5) is 37.4 Å². The summed E-state index contributed by atoms with van der Waals surface area (Å²) in [5, 5.41) is 8.32. The second kappa shape index (κ2) is 14.1. The molecule has 0 aliphatic heterocycles. The molecule has 0 aliphatic carbocycles. The van der Waals surface area contributed by atoms with Crippen molar-refractivity contribution in [1.29, 1.82) is 0 Å². The van der Waals surface area contributed by atoms with Gasteiger partial charge in [0, 0.05) is 25.2 Å². The maximum atomic E-state index is 13.7. The summed E-state index contributed by atoms with van der Waals surface area (Å²) in [5.74, 6) is -0.994. The van der Waals surface area contributed by atoms with Gasteiger partial charge in [-0.2, -0.15) is 13.2 Å². The topological polar surface area (TPSA) is 95.6 Å². The SMILES string of the molecule is CN(C(=O)NCc1cccc(F)c1Cl)C(CCCNCC(F)(F)F)COC(=O)Nc1cc2cc(F)ccc2cn1. The molecule has 40 heavy (non-hydrogen) atoms. The van der Waals surface area contributed by atoms with Crippen molar-refractivity contribution in [3.8, 4) is 0 Å². The highest BCUT2D eigenvalue weighted by molar-refractivity contribution is 6.31. The molecule has 1 atom stereocenters. The minimum Gasteiger partial charge on any atom is -0.447 e. The van der Waals surface area contributed by atoms with Gasteiger partial charge in [-0.15, -0.1) is 0 Å². The van der Waals surface area contributed by atoms with Crippen LogP contribution in [0.5, 0.6) is 0 Å². The number of amides is 3. The molecule has 2 aromatic carbocycles. The highest BCUT2D eigenvalue weighted by Crippen LogP contribution is 2.20. The Bertz CT molecular complexity index is 1330. The molecule has 0 fully saturated rings. The number of urea groups is 1. The van der Waals surface area contributed by atoms with Crippen molar-refractivity contribution in [3.05, 3.63) is 70.9 Å². The largest absolute Gasteiger partial charge is 0.447 e. The Morgan fingerprint density at radius 2 is 1.90 bits per heavy atom. The number of rotatable bonds is 11. The Labute approximate surface area is 231 Å². The number of alkyl halides is 3. The predicted molar refractivity (Wildman–Crippen MR) is 140 cm³/mol. The highest BCUT2D eigenvalue weighted by Gasteiger charge is 2.26. The molecule has 8 nitrogen and oxygen atoms in total. The molecule has 0 bridgehead atoms. The number of hydrogen-bond acceptors (Lipinski definition) is 5. The summed E-state index contributed by atoms with van der Waals surface area (Å²) in [6.45, 7) is -1.54. The fraction of sp³-hybridized carbons (Fsp3) is 0.346. The van der Waals surface area contributed by atoms with Crippen LogP contribution >= 0.6 is 11.6 Å². The van der Waals surface area contributed by atoms with E-state index in [9.17, 15) is 31.5 Å². The number of aromatic nitrogens is 1. The Balaban J connectivity index is 1.59. The second-order valence-corrected chi connectivity index (χ2v) is 9.23. The summed E-state index contributed by atoms with van der Waals surface area (Å²) >= 11 is 5.92. The zero-order valence-corrected chi connectivity index (χ0v) is 22.1. The second-order valence-electron chi connectivity index (χ2n) is 8.86. The van der Waals surface area contributed by atoms with Crippen LogP contribution in [0.25, 0.3) is 10.8 Å². The van der Waals surface area contributed by atoms with Crippen LogP contribution in [-0.2, 0) is 11.3 Å². The maximum Gasteiger partial charge on any atom is 0.412 e. The van der Waals surface area contributed by atoms with Gasteiger partial charge in [0.2, 0.25) is 0 Å². The van der Waals surface area contributed by atoms with Crippen molar-refractivity contribution in [1.82, 2.24) is 20.5 Å². The smallest absolute Gasteiger partial charge is 0.412 e. The number of fused-ring (bicyclic) bond motifs is 1. The zero-order valence-electron chi connectivity index (χ0n) is 21.3. The number of anilines is 1. The molecule has 14 heteroatoms. The van der Waals surface area contributed by atoms with Crippen molar-refractivity contribution >= 4 is 40.3 Å². The van der Waals surface area contributed by atoms with E-state index in [1.54, 1.807) is 0 Å². The summed E-state index contributed by atoms with van der Waals surface area (Å²) in [4.78, 5) is 30.5. The van der Waals surface area contributed by atoms with E-state index >= 15 is 0 Å². The quantitative estimate of drug-likeness (QED) is 0.193. The molecule has 3 rings (SSSR count). The van der Waals surface area contributed by atoms with E-state index in [-0.39, 0.29) is 43.4 Å². The molecule has 3 N–H and O–H groups in total. The van der Waals surface area contributed by atoms with Gasteiger partial charge in [-0.3, -0.25) is 5.32 Å². The normalized spacial score (nSPS) is 12.2. The number of likely N-dealkylation sites (N-methyl/N-ethyl adjacent to an activating group) is 1. The van der Waals surface area contributed by atoms with Crippen molar-refractivity contribution in [2.75, 3.05) is 32.1 Å². The molecule has 0 aliphatic rings. The molecule has 0 saturated heterocycles. The van der Waals surface area contributed by atoms with Crippen LogP contribution in [0.1, 0.15) is 18.4 Å². The van der Waals surface area contributed by atoms with Crippen LogP contribution < -0.4 is 16.0 Å². The zero-order chi connectivity index (χ0) is 29.3. The summed E-state index contributed by atoms with van der Waals surface area (Å²) in [7, 11) is 1.43. The van der Waals surface area contributed by atoms with E-state index in [1.807, 2.05) is 0 Å². The molecule has 0 saturated carbocycles. The average Bonchev–Trinajstić information content (AvgIpc) is 2.89. The third kappa shape index (κ3) is 9.49. The van der Waals surface area contributed by atoms with Crippen LogP contribution in [0.3, 0.4) is 0 Å². The van der Waals surface area contributed by atoms with Crippen molar-refractivity contribution < 1.29 is 36.3 Å². The van der Waals surface area contributed by atoms with Crippen LogP contribution in [0, 0.1) is 11.6 Å². The van der Waals surface area contributed by atoms with Crippen LogP contribution in [-0.4, -0.2) is 61.0 Å². The summed E-state index contributed by atoms with van der Waals surface area (Å²) in [5.41, 5.74) is 0.342. The lowest BCUT2D eigenvalue weighted by atomic mass is 10.1. The van der Waals surface area contributed by atoms with Gasteiger partial charge in [0.1, 0.15) is 24.1 Å². The monoisotopic (exact) mass is 587 g/mol. The van der Waals surface area contributed by atoms with E-state index in [4.69, 9.17) is 16.3 Å². The molecule has 3 amide bonds. The van der Waals surface area contributed by atoms with Gasteiger partial charge >= 0.3 is 18.3 Å². The van der Waals surface area contributed by atoms with Gasteiger partial charge in [-0.1, -0.05) is 23.7 Å². The molecule has 1 aromatic heterocycles. The van der Waals surface area contributed by atoms with E-state index < -0.39 is 42.5 Å². The van der Waals surface area contributed by atoms with Gasteiger partial charge in [0.25, 0.3) is 0 Å². The number of nitrogens with one attached hydrogen (secondary N) is 3. The highest BCUT2D eigenvalue weighted by atomic mass is 35.5. The number of carbonyl (C=O) groups excluding carboxylic acids is 2. The molecule has 3 aromatic rings. The molecule has 0 radical (unpaired) electrons. The number of hydrogen-bond donors (Lipinski definition) is 3. The third-order valence-corrected chi connectivity index (χ3v) is 6.29. The lowest BCUT2D eigenvalue weighted by molar-refractivity contribution is -0.124. The molecular formula is C26H27ClF5N5O3. The van der Waals surface area contributed by atoms with E-state index in [1.165, 1.54) is 60.6 Å². The lowest BCUT2D eigenvalue weighted by Gasteiger charge is -2.28. The predicted octanol–water partition coefficient (Wildman–Crippen LogP) is 5.86. The number of carbonyl (C=O) groups is 2. The Morgan fingerprint density at radius 3 is 2.65 bits per heavy atom. The number of halogens is 6. The lowest BCUT2D eigenvalue weighted by Crippen LogP contribution is -2.46. The molecule has 216 valence electrons. The van der Waals surface area contributed by atoms with Gasteiger partial charge in [-0.25, -0.2) is 23.4 Å². The minimum absolute atomic E-state index is 0.00807. The van der Waals surface area contributed by atoms with Crippen molar-refractivity contribution in [2.24, 2.45) is 0 Å². The van der Waals surface area contributed by atoms with E-state index in [2.05, 4.69) is 20.9 Å². The van der Waals surface area contributed by atoms with Gasteiger partial charge in [-0.05, 0) is 60.7 Å². The minimum atomic E-state index is -4.36.